The number of hydrogen-bond acceptors (Lipinski definition) is 2. The van der Waals surface area contributed by atoms with E-state index in [9.17, 15) is 8.42 Å². The molecule has 0 bridgehead atoms. The minimum Gasteiger partial charge on any atom is -0.224 e. The van der Waals surface area contributed by atoms with E-state index in [4.69, 9.17) is 0 Å². The lowest BCUT2D eigenvalue weighted by atomic mass is 9.87. The van der Waals surface area contributed by atoms with E-state index in [1.165, 1.54) is 6.26 Å². The van der Waals surface area contributed by atoms with Crippen LogP contribution in [0.3, 0.4) is 0 Å². The van der Waals surface area contributed by atoms with E-state index in [1.54, 1.807) is 6.07 Å². The van der Waals surface area contributed by atoms with Crippen LogP contribution in [0.5, 0.6) is 0 Å². The van der Waals surface area contributed by atoms with E-state index in [0.29, 0.717) is 4.90 Å². The van der Waals surface area contributed by atoms with Crippen molar-refractivity contribution in [3.63, 3.8) is 0 Å². The SMILES string of the molecule is Cc1ccc(C(C)(C)C)cc1S(C)(=O)=O. The van der Waals surface area contributed by atoms with Crippen molar-refractivity contribution in [3.8, 4) is 0 Å². The molecule has 0 aliphatic carbocycles. The Labute approximate surface area is 92.2 Å². The number of benzene rings is 1. The molecule has 0 aliphatic heterocycles. The van der Waals surface area contributed by atoms with Crippen LogP contribution in [0.2, 0.25) is 0 Å². The van der Waals surface area contributed by atoms with Crippen LogP contribution in [0.1, 0.15) is 31.9 Å². The molecule has 0 heterocycles. The van der Waals surface area contributed by atoms with Gasteiger partial charge < -0.3 is 0 Å². The maximum absolute atomic E-state index is 11.5. The predicted octanol–water partition coefficient (Wildman–Crippen LogP) is 2.70. The Morgan fingerprint density at radius 1 is 1.13 bits per heavy atom. The van der Waals surface area contributed by atoms with Crippen molar-refractivity contribution in [3.05, 3.63) is 29.3 Å². The Bertz CT molecular complexity index is 465. The molecule has 0 saturated heterocycles. The summed E-state index contributed by atoms with van der Waals surface area (Å²) in [5.41, 5.74) is 1.84. The largest absolute Gasteiger partial charge is 0.224 e. The first kappa shape index (κ1) is 12.2. The molecular weight excluding hydrogens is 208 g/mol. The van der Waals surface area contributed by atoms with Crippen LogP contribution < -0.4 is 0 Å². The van der Waals surface area contributed by atoms with Crippen LogP contribution in [0.25, 0.3) is 0 Å². The molecule has 0 fully saturated rings. The molecular formula is C12H18O2S. The second-order valence-corrected chi connectivity index (χ2v) is 6.99. The van der Waals surface area contributed by atoms with E-state index >= 15 is 0 Å². The molecule has 3 heteroatoms. The highest BCUT2D eigenvalue weighted by Gasteiger charge is 2.18. The Hall–Kier alpha value is -0.830. The molecule has 15 heavy (non-hydrogen) atoms. The van der Waals surface area contributed by atoms with Gasteiger partial charge in [0.05, 0.1) is 4.90 Å². The van der Waals surface area contributed by atoms with Crippen LogP contribution in [0, 0.1) is 6.92 Å². The van der Waals surface area contributed by atoms with E-state index in [2.05, 4.69) is 20.8 Å². The molecule has 0 radical (unpaired) electrons. The number of aryl methyl sites for hydroxylation is 1. The lowest BCUT2D eigenvalue weighted by Gasteiger charge is -2.20. The molecule has 1 aromatic carbocycles. The highest BCUT2D eigenvalue weighted by atomic mass is 32.2. The molecule has 2 nitrogen and oxygen atoms in total. The first-order valence-corrected chi connectivity index (χ1v) is 6.83. The fraction of sp³-hybridized carbons (Fsp3) is 0.500. The van der Waals surface area contributed by atoms with Gasteiger partial charge in [0.1, 0.15) is 0 Å². The molecule has 0 aliphatic rings. The Morgan fingerprint density at radius 2 is 1.67 bits per heavy atom. The van der Waals surface area contributed by atoms with Gasteiger partial charge in [0.2, 0.25) is 0 Å². The van der Waals surface area contributed by atoms with Crippen molar-refractivity contribution in [1.29, 1.82) is 0 Å². The van der Waals surface area contributed by atoms with Crippen LogP contribution in [-0.2, 0) is 15.3 Å². The van der Waals surface area contributed by atoms with Crippen molar-refractivity contribution < 1.29 is 8.42 Å². The lowest BCUT2D eigenvalue weighted by Crippen LogP contribution is -2.12. The average Bonchev–Trinajstić information content (AvgIpc) is 2.00. The van der Waals surface area contributed by atoms with Gasteiger partial charge >= 0.3 is 0 Å². The van der Waals surface area contributed by atoms with Gasteiger partial charge in [-0.1, -0.05) is 32.9 Å². The van der Waals surface area contributed by atoms with Crippen LogP contribution in [0.4, 0.5) is 0 Å². The minimum atomic E-state index is -3.12. The highest BCUT2D eigenvalue weighted by molar-refractivity contribution is 7.90. The van der Waals surface area contributed by atoms with E-state index < -0.39 is 9.84 Å². The molecule has 0 amide bonds. The number of hydrogen-bond donors (Lipinski definition) is 0. The van der Waals surface area contributed by atoms with Crippen LogP contribution in [-0.4, -0.2) is 14.7 Å². The molecule has 0 aromatic heterocycles. The summed E-state index contributed by atoms with van der Waals surface area (Å²) >= 11 is 0. The number of rotatable bonds is 1. The smallest absolute Gasteiger partial charge is 0.175 e. The van der Waals surface area contributed by atoms with E-state index in [0.717, 1.165) is 11.1 Å². The van der Waals surface area contributed by atoms with Gasteiger partial charge in [-0.2, -0.15) is 0 Å². The second kappa shape index (κ2) is 3.63. The molecule has 0 N–H and O–H groups in total. The van der Waals surface area contributed by atoms with Crippen LogP contribution in [0.15, 0.2) is 23.1 Å². The summed E-state index contributed by atoms with van der Waals surface area (Å²) in [6.45, 7) is 8.04. The Morgan fingerprint density at radius 3 is 2.07 bits per heavy atom. The van der Waals surface area contributed by atoms with E-state index in [1.807, 2.05) is 19.1 Å². The van der Waals surface area contributed by atoms with Crippen molar-refractivity contribution >= 4 is 9.84 Å². The molecule has 1 rings (SSSR count). The quantitative estimate of drug-likeness (QED) is 0.738. The van der Waals surface area contributed by atoms with E-state index in [-0.39, 0.29) is 5.41 Å². The third-order valence-electron chi connectivity index (χ3n) is 2.45. The van der Waals surface area contributed by atoms with Crippen LogP contribution >= 0.6 is 0 Å². The zero-order valence-electron chi connectivity index (χ0n) is 9.96. The van der Waals surface area contributed by atoms with Crippen molar-refractivity contribution in [1.82, 2.24) is 0 Å². The third kappa shape index (κ3) is 2.81. The molecule has 84 valence electrons. The summed E-state index contributed by atoms with van der Waals surface area (Å²) in [4.78, 5) is 0.440. The zero-order chi connectivity index (χ0) is 11.9. The molecule has 0 unspecified atom stereocenters. The maximum Gasteiger partial charge on any atom is 0.175 e. The van der Waals surface area contributed by atoms with Gasteiger partial charge in [-0.05, 0) is 29.5 Å². The van der Waals surface area contributed by atoms with Crippen molar-refractivity contribution in [2.75, 3.05) is 6.26 Å². The first-order valence-electron chi connectivity index (χ1n) is 4.93. The van der Waals surface area contributed by atoms with Crippen molar-refractivity contribution in [2.24, 2.45) is 0 Å². The van der Waals surface area contributed by atoms with Gasteiger partial charge in [0, 0.05) is 6.26 Å². The summed E-state index contributed by atoms with van der Waals surface area (Å²) in [5.74, 6) is 0. The highest BCUT2D eigenvalue weighted by Crippen LogP contribution is 2.26. The fourth-order valence-corrected chi connectivity index (χ4v) is 2.46. The second-order valence-electron chi connectivity index (χ2n) is 5.00. The minimum absolute atomic E-state index is 0.0207. The fourth-order valence-electron chi connectivity index (χ4n) is 1.47. The molecule has 0 atom stereocenters. The topological polar surface area (TPSA) is 34.1 Å². The number of sulfone groups is 1. The summed E-state index contributed by atoms with van der Waals surface area (Å²) in [6.07, 6.45) is 1.25. The average molecular weight is 226 g/mol. The molecule has 0 saturated carbocycles. The summed E-state index contributed by atoms with van der Waals surface area (Å²) in [6, 6.07) is 5.64. The Balaban J connectivity index is 3.43. The van der Waals surface area contributed by atoms with Crippen molar-refractivity contribution in [2.45, 2.75) is 38.0 Å². The zero-order valence-corrected chi connectivity index (χ0v) is 10.8. The summed E-state index contributed by atoms with van der Waals surface area (Å²) in [5, 5.41) is 0. The molecule has 0 spiro atoms. The standard InChI is InChI=1S/C12H18O2S/c1-9-6-7-10(12(2,3)4)8-11(9)15(5,13)14/h6-8H,1-5H3. The first-order chi connectivity index (χ1) is 6.62. The summed E-state index contributed by atoms with van der Waals surface area (Å²) < 4.78 is 23.1. The third-order valence-corrected chi connectivity index (χ3v) is 3.69. The predicted molar refractivity (Wildman–Crippen MR) is 63.0 cm³/mol. The van der Waals surface area contributed by atoms with Gasteiger partial charge in [-0.3, -0.25) is 0 Å². The maximum atomic E-state index is 11.5. The normalized spacial score (nSPS) is 12.9. The monoisotopic (exact) mass is 226 g/mol. The molecule has 1 aromatic rings. The summed E-state index contributed by atoms with van der Waals surface area (Å²) in [7, 11) is -3.12. The lowest BCUT2D eigenvalue weighted by molar-refractivity contribution is 0.584. The van der Waals surface area contributed by atoms with Gasteiger partial charge in [-0.15, -0.1) is 0 Å². The Kier molecular flexibility index (Phi) is 2.97. The van der Waals surface area contributed by atoms with Gasteiger partial charge in [0.25, 0.3) is 0 Å². The van der Waals surface area contributed by atoms with Gasteiger partial charge in [-0.25, -0.2) is 8.42 Å². The van der Waals surface area contributed by atoms with Gasteiger partial charge in [0.15, 0.2) is 9.84 Å².